The molecule has 136 valence electrons. The molecular formula is C19H20N2O5. The zero-order valence-electron chi connectivity index (χ0n) is 14.5. The van der Waals surface area contributed by atoms with Gasteiger partial charge in [0.15, 0.2) is 6.61 Å². The van der Waals surface area contributed by atoms with Crippen molar-refractivity contribution in [3.05, 3.63) is 54.0 Å². The first kappa shape index (κ1) is 17.7. The lowest BCUT2D eigenvalue weighted by molar-refractivity contribution is -0.134. The number of ether oxygens (including phenoxy) is 1. The van der Waals surface area contributed by atoms with Crippen molar-refractivity contribution in [2.24, 2.45) is 0 Å². The van der Waals surface area contributed by atoms with E-state index in [-0.39, 0.29) is 18.4 Å². The summed E-state index contributed by atoms with van der Waals surface area (Å²) in [5.41, 5.74) is 0.979. The lowest BCUT2D eigenvalue weighted by Gasteiger charge is -2.17. The Morgan fingerprint density at radius 1 is 1.27 bits per heavy atom. The molecule has 0 atom stereocenters. The van der Waals surface area contributed by atoms with E-state index in [0.29, 0.717) is 36.5 Å². The smallest absolute Gasteiger partial charge is 0.338 e. The maximum Gasteiger partial charge on any atom is 0.338 e. The lowest BCUT2D eigenvalue weighted by Crippen LogP contribution is -2.30. The highest BCUT2D eigenvalue weighted by Gasteiger charge is 2.22. The van der Waals surface area contributed by atoms with Crippen LogP contribution in [0.15, 0.2) is 47.1 Å². The molecule has 0 radical (unpaired) electrons. The average Bonchev–Trinajstić information content (AvgIpc) is 3.31. The summed E-state index contributed by atoms with van der Waals surface area (Å²) < 4.78 is 10.3. The number of esters is 1. The van der Waals surface area contributed by atoms with Gasteiger partial charge in [-0.15, -0.1) is 0 Å². The van der Waals surface area contributed by atoms with E-state index in [4.69, 9.17) is 9.15 Å². The largest absolute Gasteiger partial charge is 0.467 e. The molecule has 2 aromatic rings. The second-order valence-electron chi connectivity index (χ2n) is 6.10. The van der Waals surface area contributed by atoms with Crippen molar-refractivity contribution in [3.8, 4) is 0 Å². The van der Waals surface area contributed by atoms with Crippen molar-refractivity contribution in [3.63, 3.8) is 0 Å². The van der Waals surface area contributed by atoms with Crippen LogP contribution in [0.5, 0.6) is 0 Å². The van der Waals surface area contributed by atoms with Crippen molar-refractivity contribution >= 4 is 23.5 Å². The van der Waals surface area contributed by atoms with Gasteiger partial charge >= 0.3 is 5.97 Å². The predicted octanol–water partition coefficient (Wildman–Crippen LogP) is 2.22. The fourth-order valence-electron chi connectivity index (χ4n) is 2.77. The maximum absolute atomic E-state index is 12.2. The SMILES string of the molecule is CN(Cc1ccco1)C(=O)COC(=O)c1cccc(N2CCCC2=O)c1. The van der Waals surface area contributed by atoms with Crippen LogP contribution in [-0.4, -0.2) is 42.9 Å². The highest BCUT2D eigenvalue weighted by molar-refractivity contribution is 5.97. The fraction of sp³-hybridized carbons (Fsp3) is 0.316. The summed E-state index contributed by atoms with van der Waals surface area (Å²) >= 11 is 0. The van der Waals surface area contributed by atoms with Crippen molar-refractivity contribution in [2.45, 2.75) is 19.4 Å². The molecule has 1 aromatic heterocycles. The molecule has 2 amide bonds. The third-order valence-electron chi connectivity index (χ3n) is 4.19. The zero-order valence-corrected chi connectivity index (χ0v) is 14.5. The fourth-order valence-corrected chi connectivity index (χ4v) is 2.77. The Labute approximate surface area is 151 Å². The Hall–Kier alpha value is -3.09. The standard InChI is InChI=1S/C19H20N2O5/c1-20(12-16-7-4-10-25-16)18(23)13-26-19(24)14-5-2-6-15(11-14)21-9-3-8-17(21)22/h2,4-7,10-11H,3,8-9,12-13H2,1H3. The van der Waals surface area contributed by atoms with Crippen molar-refractivity contribution < 1.29 is 23.5 Å². The molecule has 0 spiro atoms. The van der Waals surface area contributed by atoms with Gasteiger partial charge in [-0.2, -0.15) is 0 Å². The number of rotatable bonds is 6. The van der Waals surface area contributed by atoms with Gasteiger partial charge in [0.05, 0.1) is 18.4 Å². The third kappa shape index (κ3) is 4.11. The Morgan fingerprint density at radius 3 is 2.81 bits per heavy atom. The summed E-state index contributed by atoms with van der Waals surface area (Å²) in [5.74, 6) is -0.237. The lowest BCUT2D eigenvalue weighted by atomic mass is 10.2. The van der Waals surface area contributed by atoms with E-state index in [1.54, 1.807) is 48.3 Å². The van der Waals surface area contributed by atoms with Gasteiger partial charge in [-0.25, -0.2) is 4.79 Å². The highest BCUT2D eigenvalue weighted by Crippen LogP contribution is 2.22. The van der Waals surface area contributed by atoms with Crippen LogP contribution in [0.4, 0.5) is 5.69 Å². The molecule has 26 heavy (non-hydrogen) atoms. The van der Waals surface area contributed by atoms with E-state index in [1.807, 2.05) is 0 Å². The number of nitrogens with zero attached hydrogens (tertiary/aromatic N) is 2. The van der Waals surface area contributed by atoms with E-state index < -0.39 is 5.97 Å². The van der Waals surface area contributed by atoms with Gasteiger partial charge in [0.25, 0.3) is 5.91 Å². The van der Waals surface area contributed by atoms with Crippen LogP contribution in [0.3, 0.4) is 0 Å². The van der Waals surface area contributed by atoms with E-state index in [2.05, 4.69) is 0 Å². The van der Waals surface area contributed by atoms with Crippen LogP contribution in [0, 0.1) is 0 Å². The monoisotopic (exact) mass is 356 g/mol. The maximum atomic E-state index is 12.2. The number of amides is 2. The van der Waals surface area contributed by atoms with E-state index in [0.717, 1.165) is 6.42 Å². The topological polar surface area (TPSA) is 80.1 Å². The quantitative estimate of drug-likeness (QED) is 0.742. The second kappa shape index (κ2) is 7.86. The van der Waals surface area contributed by atoms with Gasteiger partial charge in [-0.05, 0) is 36.8 Å². The molecule has 1 aliphatic rings. The van der Waals surface area contributed by atoms with Gasteiger partial charge < -0.3 is 19.0 Å². The highest BCUT2D eigenvalue weighted by atomic mass is 16.5. The number of hydrogen-bond acceptors (Lipinski definition) is 5. The van der Waals surface area contributed by atoms with Crippen molar-refractivity contribution in [1.29, 1.82) is 0 Å². The molecule has 0 saturated carbocycles. The molecule has 0 unspecified atom stereocenters. The zero-order chi connectivity index (χ0) is 18.5. The van der Waals surface area contributed by atoms with Crippen LogP contribution in [0.1, 0.15) is 29.0 Å². The molecule has 1 aromatic carbocycles. The van der Waals surface area contributed by atoms with Crippen LogP contribution in [0.25, 0.3) is 0 Å². The van der Waals surface area contributed by atoms with Gasteiger partial charge in [-0.3, -0.25) is 9.59 Å². The van der Waals surface area contributed by atoms with Gasteiger partial charge in [0.1, 0.15) is 5.76 Å². The summed E-state index contributed by atoms with van der Waals surface area (Å²) in [4.78, 5) is 39.2. The Balaban J connectivity index is 1.56. The first-order chi connectivity index (χ1) is 12.5. The summed E-state index contributed by atoms with van der Waals surface area (Å²) in [6.07, 6.45) is 2.86. The Kier molecular flexibility index (Phi) is 5.36. The molecular weight excluding hydrogens is 336 g/mol. The molecule has 3 rings (SSSR count). The van der Waals surface area contributed by atoms with Crippen molar-refractivity contribution in [2.75, 3.05) is 25.1 Å². The molecule has 1 fully saturated rings. The van der Waals surface area contributed by atoms with Gasteiger partial charge in [-0.1, -0.05) is 6.07 Å². The molecule has 0 N–H and O–H groups in total. The summed E-state index contributed by atoms with van der Waals surface area (Å²) in [6, 6.07) is 10.2. The minimum absolute atomic E-state index is 0.0465. The molecule has 2 heterocycles. The minimum Gasteiger partial charge on any atom is -0.467 e. The second-order valence-corrected chi connectivity index (χ2v) is 6.10. The van der Waals surface area contributed by atoms with Gasteiger partial charge in [0, 0.05) is 25.7 Å². The molecule has 7 heteroatoms. The number of carbonyl (C=O) groups excluding carboxylic acids is 3. The number of furan rings is 1. The average molecular weight is 356 g/mol. The van der Waals surface area contributed by atoms with Crippen LogP contribution >= 0.6 is 0 Å². The first-order valence-corrected chi connectivity index (χ1v) is 8.38. The number of carbonyl (C=O) groups is 3. The van der Waals surface area contributed by atoms with Crippen molar-refractivity contribution in [1.82, 2.24) is 4.90 Å². The predicted molar refractivity (Wildman–Crippen MR) is 93.5 cm³/mol. The number of hydrogen-bond donors (Lipinski definition) is 0. The molecule has 7 nitrogen and oxygen atoms in total. The minimum atomic E-state index is -0.599. The van der Waals surface area contributed by atoms with E-state index in [9.17, 15) is 14.4 Å². The van der Waals surface area contributed by atoms with Crippen LogP contribution < -0.4 is 4.90 Å². The normalized spacial score (nSPS) is 13.7. The van der Waals surface area contributed by atoms with Gasteiger partial charge in [0.2, 0.25) is 5.91 Å². The Bertz CT molecular complexity index is 800. The summed E-state index contributed by atoms with van der Waals surface area (Å²) in [5, 5.41) is 0. The first-order valence-electron chi connectivity index (χ1n) is 8.38. The summed E-state index contributed by atoms with van der Waals surface area (Å²) in [6.45, 7) is 0.590. The number of benzene rings is 1. The number of likely N-dealkylation sites (N-methyl/N-ethyl adjacent to an activating group) is 1. The molecule has 1 aliphatic heterocycles. The molecule has 1 saturated heterocycles. The summed E-state index contributed by atoms with van der Waals surface area (Å²) in [7, 11) is 1.61. The van der Waals surface area contributed by atoms with E-state index >= 15 is 0 Å². The van der Waals surface area contributed by atoms with E-state index in [1.165, 1.54) is 11.2 Å². The van der Waals surface area contributed by atoms with Crippen LogP contribution in [0.2, 0.25) is 0 Å². The number of anilines is 1. The molecule has 0 bridgehead atoms. The van der Waals surface area contributed by atoms with Crippen LogP contribution in [-0.2, 0) is 20.9 Å². The Morgan fingerprint density at radius 2 is 2.12 bits per heavy atom. The third-order valence-corrected chi connectivity index (χ3v) is 4.19. The molecule has 0 aliphatic carbocycles.